The molecule has 1 aromatic rings. The summed E-state index contributed by atoms with van der Waals surface area (Å²) in [5.41, 5.74) is 1.13. The normalized spacial score (nSPS) is 20.3. The number of anilines is 2. The third kappa shape index (κ3) is 3.66. The summed E-state index contributed by atoms with van der Waals surface area (Å²) in [6.07, 6.45) is 3.83. The summed E-state index contributed by atoms with van der Waals surface area (Å²) in [5.74, 6) is 3.82. The fourth-order valence-corrected chi connectivity index (χ4v) is 2.87. The lowest BCUT2D eigenvalue weighted by Gasteiger charge is -2.27. The lowest BCUT2D eigenvalue weighted by molar-refractivity contribution is 0.520. The lowest BCUT2D eigenvalue weighted by Crippen LogP contribution is -2.28. The Bertz CT molecular complexity index is 490. The molecule has 2 rings (SSSR count). The Morgan fingerprint density at radius 1 is 1.14 bits per heavy atom. The predicted octanol–water partition coefficient (Wildman–Crippen LogP) is 3.75. The zero-order valence-electron chi connectivity index (χ0n) is 14.5. The van der Waals surface area contributed by atoms with E-state index in [9.17, 15) is 0 Å². The second-order valence-corrected chi connectivity index (χ2v) is 7.37. The molecule has 1 fully saturated rings. The summed E-state index contributed by atoms with van der Waals surface area (Å²) in [6, 6.07) is 0. The number of nitrogens with zero attached hydrogens (tertiary/aromatic N) is 3. The molecule has 0 aromatic carbocycles. The van der Waals surface area contributed by atoms with E-state index >= 15 is 0 Å². The molecule has 0 aliphatic carbocycles. The van der Waals surface area contributed by atoms with Gasteiger partial charge in [-0.05, 0) is 32.1 Å². The first kappa shape index (κ1) is 16.1. The Labute approximate surface area is 129 Å². The van der Waals surface area contributed by atoms with E-state index in [0.29, 0.717) is 0 Å². The van der Waals surface area contributed by atoms with Crippen molar-refractivity contribution in [2.24, 2.45) is 5.92 Å². The van der Waals surface area contributed by atoms with Crippen molar-refractivity contribution in [3.63, 3.8) is 0 Å². The molecule has 21 heavy (non-hydrogen) atoms. The standard InChI is InChI=1S/C17H30N4/c1-12-8-7-10-21(11-9-12)15-13(2)14(18-6)19-16(20-15)17(3,4)5/h12H,7-11H2,1-6H3,(H,18,19,20). The van der Waals surface area contributed by atoms with E-state index in [-0.39, 0.29) is 5.41 Å². The molecular formula is C17H30N4. The van der Waals surface area contributed by atoms with Crippen LogP contribution in [0.5, 0.6) is 0 Å². The molecule has 1 N–H and O–H groups in total. The van der Waals surface area contributed by atoms with E-state index in [4.69, 9.17) is 9.97 Å². The van der Waals surface area contributed by atoms with Crippen LogP contribution in [-0.2, 0) is 5.41 Å². The van der Waals surface area contributed by atoms with Crippen molar-refractivity contribution in [3.8, 4) is 0 Å². The van der Waals surface area contributed by atoms with Gasteiger partial charge >= 0.3 is 0 Å². The monoisotopic (exact) mass is 290 g/mol. The van der Waals surface area contributed by atoms with Gasteiger partial charge in [-0.2, -0.15) is 0 Å². The average molecular weight is 290 g/mol. The molecule has 1 aliphatic heterocycles. The number of nitrogens with one attached hydrogen (secondary N) is 1. The number of aromatic nitrogens is 2. The third-order valence-corrected chi connectivity index (χ3v) is 4.34. The molecule has 0 saturated carbocycles. The van der Waals surface area contributed by atoms with E-state index in [2.05, 4.69) is 44.8 Å². The van der Waals surface area contributed by atoms with Crippen LogP contribution >= 0.6 is 0 Å². The number of hydrogen-bond donors (Lipinski definition) is 1. The van der Waals surface area contributed by atoms with Crippen LogP contribution in [0.15, 0.2) is 0 Å². The van der Waals surface area contributed by atoms with E-state index in [1.54, 1.807) is 0 Å². The summed E-state index contributed by atoms with van der Waals surface area (Å²) >= 11 is 0. The maximum Gasteiger partial charge on any atom is 0.138 e. The molecule has 0 radical (unpaired) electrons. The van der Waals surface area contributed by atoms with Crippen LogP contribution < -0.4 is 10.2 Å². The zero-order valence-corrected chi connectivity index (χ0v) is 14.5. The van der Waals surface area contributed by atoms with Gasteiger partial charge in [-0.25, -0.2) is 9.97 Å². The summed E-state index contributed by atoms with van der Waals surface area (Å²) in [5, 5.41) is 3.23. The molecule has 4 nitrogen and oxygen atoms in total. The Kier molecular flexibility index (Phi) is 4.74. The van der Waals surface area contributed by atoms with Crippen molar-refractivity contribution in [3.05, 3.63) is 11.4 Å². The molecule has 0 amide bonds. The molecule has 1 unspecified atom stereocenters. The van der Waals surface area contributed by atoms with Gasteiger partial charge in [0.05, 0.1) is 0 Å². The highest BCUT2D eigenvalue weighted by Gasteiger charge is 2.24. The van der Waals surface area contributed by atoms with Crippen LogP contribution in [0.3, 0.4) is 0 Å². The third-order valence-electron chi connectivity index (χ3n) is 4.34. The molecule has 118 valence electrons. The van der Waals surface area contributed by atoms with E-state index in [1.165, 1.54) is 24.8 Å². The van der Waals surface area contributed by atoms with Gasteiger partial charge in [0.2, 0.25) is 0 Å². The van der Waals surface area contributed by atoms with E-state index < -0.39 is 0 Å². The molecule has 1 aliphatic rings. The second kappa shape index (κ2) is 6.20. The quantitative estimate of drug-likeness (QED) is 0.900. The highest BCUT2D eigenvalue weighted by molar-refractivity contribution is 5.58. The van der Waals surface area contributed by atoms with Gasteiger partial charge in [0.1, 0.15) is 17.5 Å². The van der Waals surface area contributed by atoms with Crippen molar-refractivity contribution in [2.75, 3.05) is 30.4 Å². The first-order valence-electron chi connectivity index (χ1n) is 8.14. The van der Waals surface area contributed by atoms with E-state index in [1.807, 2.05) is 7.05 Å². The van der Waals surface area contributed by atoms with Gasteiger partial charge in [-0.15, -0.1) is 0 Å². The SMILES string of the molecule is CNc1nc(C(C)(C)C)nc(N2CCCC(C)CC2)c1C. The Hall–Kier alpha value is -1.32. The summed E-state index contributed by atoms with van der Waals surface area (Å²) in [6.45, 7) is 13.2. The van der Waals surface area contributed by atoms with Gasteiger partial charge in [0, 0.05) is 31.1 Å². The minimum atomic E-state index is -0.0345. The summed E-state index contributed by atoms with van der Waals surface area (Å²) < 4.78 is 0. The second-order valence-electron chi connectivity index (χ2n) is 7.37. The maximum atomic E-state index is 4.92. The van der Waals surface area contributed by atoms with Gasteiger partial charge < -0.3 is 10.2 Å². The average Bonchev–Trinajstić information content (AvgIpc) is 2.62. The topological polar surface area (TPSA) is 41.1 Å². The van der Waals surface area contributed by atoms with Crippen LogP contribution in [0.25, 0.3) is 0 Å². The molecule has 1 atom stereocenters. The molecule has 2 heterocycles. The Balaban J connectivity index is 2.41. The molecule has 0 bridgehead atoms. The van der Waals surface area contributed by atoms with Gasteiger partial charge in [0.25, 0.3) is 0 Å². The van der Waals surface area contributed by atoms with Gasteiger partial charge in [0.15, 0.2) is 0 Å². The van der Waals surface area contributed by atoms with Crippen LogP contribution in [0, 0.1) is 12.8 Å². The smallest absolute Gasteiger partial charge is 0.138 e. The predicted molar refractivity (Wildman–Crippen MR) is 90.2 cm³/mol. The largest absolute Gasteiger partial charge is 0.373 e. The Morgan fingerprint density at radius 2 is 1.86 bits per heavy atom. The Morgan fingerprint density at radius 3 is 2.48 bits per heavy atom. The fraction of sp³-hybridized carbons (Fsp3) is 0.765. The van der Waals surface area contributed by atoms with Crippen LogP contribution in [0.1, 0.15) is 58.3 Å². The summed E-state index contributed by atoms with van der Waals surface area (Å²) in [4.78, 5) is 12.1. The fourth-order valence-electron chi connectivity index (χ4n) is 2.87. The van der Waals surface area contributed by atoms with Crippen molar-refractivity contribution >= 4 is 11.6 Å². The zero-order chi connectivity index (χ0) is 15.6. The number of rotatable bonds is 2. The van der Waals surface area contributed by atoms with Gasteiger partial charge in [-0.1, -0.05) is 27.7 Å². The molecule has 4 heteroatoms. The highest BCUT2D eigenvalue weighted by atomic mass is 15.2. The van der Waals surface area contributed by atoms with Crippen molar-refractivity contribution < 1.29 is 0 Å². The van der Waals surface area contributed by atoms with Crippen molar-refractivity contribution in [1.82, 2.24) is 9.97 Å². The maximum absolute atomic E-state index is 4.92. The minimum Gasteiger partial charge on any atom is -0.373 e. The van der Waals surface area contributed by atoms with Gasteiger partial charge in [-0.3, -0.25) is 0 Å². The van der Waals surface area contributed by atoms with Crippen molar-refractivity contribution in [1.29, 1.82) is 0 Å². The highest BCUT2D eigenvalue weighted by Crippen LogP contribution is 2.30. The van der Waals surface area contributed by atoms with Crippen LogP contribution in [0.4, 0.5) is 11.6 Å². The van der Waals surface area contributed by atoms with Crippen LogP contribution in [-0.4, -0.2) is 30.1 Å². The number of hydrogen-bond acceptors (Lipinski definition) is 4. The van der Waals surface area contributed by atoms with Crippen molar-refractivity contribution in [2.45, 2.75) is 59.3 Å². The summed E-state index contributed by atoms with van der Waals surface area (Å²) in [7, 11) is 1.94. The molecule has 1 aromatic heterocycles. The minimum absolute atomic E-state index is 0.0345. The molecule has 1 saturated heterocycles. The van der Waals surface area contributed by atoms with E-state index in [0.717, 1.165) is 36.5 Å². The molecular weight excluding hydrogens is 260 g/mol. The lowest BCUT2D eigenvalue weighted by atomic mass is 9.95. The first-order chi connectivity index (χ1) is 9.82. The molecule has 0 spiro atoms. The first-order valence-corrected chi connectivity index (χ1v) is 8.14. The van der Waals surface area contributed by atoms with Crippen LogP contribution in [0.2, 0.25) is 0 Å².